The van der Waals surface area contributed by atoms with Gasteiger partial charge in [-0.05, 0) is 30.0 Å². The number of piperazine rings is 3. The van der Waals surface area contributed by atoms with E-state index in [0.29, 0.717) is 17.6 Å². The summed E-state index contributed by atoms with van der Waals surface area (Å²) in [7, 11) is -4.00. The van der Waals surface area contributed by atoms with Gasteiger partial charge in [0.05, 0.1) is 47.4 Å². The minimum atomic E-state index is -4.00. The minimum Gasteiger partial charge on any atom is -1.00 e. The lowest BCUT2D eigenvalue weighted by atomic mass is 9.92. The van der Waals surface area contributed by atoms with E-state index in [-0.39, 0.29) is 40.4 Å². The highest BCUT2D eigenvalue weighted by Crippen LogP contribution is 2.52. The number of rotatable bonds is 9. The summed E-state index contributed by atoms with van der Waals surface area (Å²) in [5.41, 5.74) is 6.72. The molecule has 0 radical (unpaired) electrons. The Balaban J connectivity index is 0.00000343. The molecule has 6 heterocycles. The molecule has 4 saturated heterocycles. The molecular weight excluding hydrogens is 630 g/mol. The fraction of sp³-hybridized carbons (Fsp3) is 0.483. The minimum absolute atomic E-state index is 0. The third kappa shape index (κ3) is 4.52. The highest BCUT2D eigenvalue weighted by Gasteiger charge is 2.57. The normalized spacial score (nSPS) is 30.3. The fourth-order valence-corrected chi connectivity index (χ4v) is 11.1. The lowest BCUT2D eigenvalue weighted by Crippen LogP contribution is -3.00. The smallest absolute Gasteiger partial charge is 0.272 e. The van der Waals surface area contributed by atoms with Crippen LogP contribution >= 0.6 is 11.8 Å². The van der Waals surface area contributed by atoms with Gasteiger partial charge in [0.2, 0.25) is 5.91 Å². The van der Waals surface area contributed by atoms with Crippen molar-refractivity contribution in [2.24, 2.45) is 11.7 Å². The Bertz CT molecular complexity index is 1720. The summed E-state index contributed by atoms with van der Waals surface area (Å²) in [4.78, 5) is 37.9. The molecule has 6 aliphatic rings. The van der Waals surface area contributed by atoms with E-state index in [0.717, 1.165) is 88.8 Å². The number of nitrogens with two attached hydrogens (primary N) is 1. The van der Waals surface area contributed by atoms with Gasteiger partial charge in [-0.1, -0.05) is 30.0 Å². The molecule has 3 atom stereocenters. The number of β-lactam (4-membered cyclic amide) rings is 1. The van der Waals surface area contributed by atoms with Gasteiger partial charge >= 0.3 is 0 Å². The molecule has 15 heteroatoms. The van der Waals surface area contributed by atoms with E-state index < -0.39 is 39.3 Å². The van der Waals surface area contributed by atoms with E-state index >= 15 is 0 Å². The average Bonchev–Trinajstić information content (AvgIpc) is 3.39. The van der Waals surface area contributed by atoms with Crippen LogP contribution in [0.25, 0.3) is 10.8 Å². The van der Waals surface area contributed by atoms with Gasteiger partial charge in [-0.2, -0.15) is 0 Å². The van der Waals surface area contributed by atoms with Gasteiger partial charge < -0.3 is 42.1 Å². The summed E-state index contributed by atoms with van der Waals surface area (Å²) < 4.78 is 30.7. The Kier molecular flexibility index (Phi) is 7.49. The Morgan fingerprint density at radius 3 is 2.39 bits per heavy atom. The molecule has 2 aromatic rings. The van der Waals surface area contributed by atoms with E-state index in [1.165, 1.54) is 11.2 Å². The van der Waals surface area contributed by atoms with Gasteiger partial charge in [0, 0.05) is 16.7 Å². The molecule has 44 heavy (non-hydrogen) atoms. The number of carboxylic acids is 1. The molecule has 2 aromatic carbocycles. The van der Waals surface area contributed by atoms with Crippen molar-refractivity contribution in [2.75, 3.05) is 63.2 Å². The monoisotopic (exact) mass is 663 g/mol. The molecule has 0 aromatic heterocycles. The van der Waals surface area contributed by atoms with Crippen molar-refractivity contribution in [3.8, 4) is 0 Å². The number of fused-ring (bicyclic) bond motifs is 4. The number of hydrogen-bond donors (Lipinski definition) is 2. The summed E-state index contributed by atoms with van der Waals surface area (Å²) >= 11 is 1.10. The van der Waals surface area contributed by atoms with Crippen LogP contribution < -0.4 is 27.6 Å². The number of thioether (sulfide) groups is 1. The molecular formula is C29H34ClN5O7S2. The zero-order valence-electron chi connectivity index (χ0n) is 24.1. The molecule has 6 aliphatic heterocycles. The van der Waals surface area contributed by atoms with Gasteiger partial charge in [0.25, 0.3) is 15.9 Å². The van der Waals surface area contributed by atoms with Crippen LogP contribution in [0.15, 0.2) is 45.8 Å². The second kappa shape index (κ2) is 10.6. The van der Waals surface area contributed by atoms with Crippen LogP contribution in [0, 0.1) is 5.92 Å². The number of nitrogens with zero attached hydrogens (tertiary/aromatic N) is 4. The number of aliphatic hydroxyl groups excluding tert-OH is 1. The van der Waals surface area contributed by atoms with Crippen molar-refractivity contribution in [1.29, 1.82) is 0 Å². The van der Waals surface area contributed by atoms with Crippen LogP contribution in [0.2, 0.25) is 0 Å². The molecule has 0 saturated carbocycles. The third-order valence-corrected chi connectivity index (χ3v) is 13.4. The van der Waals surface area contributed by atoms with Gasteiger partial charge in [0.1, 0.15) is 44.6 Å². The van der Waals surface area contributed by atoms with Gasteiger partial charge in [-0.15, -0.1) is 0 Å². The highest BCUT2D eigenvalue weighted by atomic mass is 35.5. The van der Waals surface area contributed by atoms with Crippen LogP contribution in [-0.2, 0) is 30.8 Å². The molecule has 4 fully saturated rings. The van der Waals surface area contributed by atoms with Crippen LogP contribution in [0.5, 0.6) is 0 Å². The highest BCUT2D eigenvalue weighted by molar-refractivity contribution is 8.04. The summed E-state index contributed by atoms with van der Waals surface area (Å²) in [5.74, 6) is -3.07. The first kappa shape index (κ1) is 31.1. The lowest BCUT2D eigenvalue weighted by molar-refractivity contribution is -1.08. The molecule has 2 amide bonds. The van der Waals surface area contributed by atoms with Gasteiger partial charge in [-0.25, -0.2) is 8.42 Å². The summed E-state index contributed by atoms with van der Waals surface area (Å²) in [6, 6.07) is 9.01. The largest absolute Gasteiger partial charge is 1.00 e. The second-order valence-corrected chi connectivity index (χ2v) is 15.6. The zero-order valence-corrected chi connectivity index (χ0v) is 26.5. The Morgan fingerprint density at radius 1 is 1.11 bits per heavy atom. The number of sulfonamides is 1. The van der Waals surface area contributed by atoms with E-state index in [1.807, 2.05) is 18.2 Å². The number of carbonyl (C=O) groups excluding carboxylic acids is 3. The number of aliphatic carboxylic acids is 1. The lowest BCUT2D eigenvalue weighted by Gasteiger charge is -2.55. The predicted octanol–water partition coefficient (Wildman–Crippen LogP) is -4.09. The summed E-state index contributed by atoms with van der Waals surface area (Å²) in [6.07, 6.45) is -0.196. The van der Waals surface area contributed by atoms with Crippen molar-refractivity contribution < 1.29 is 54.4 Å². The number of anilines is 1. The number of aliphatic hydroxyl groups is 1. The SMILES string of the molecule is C[C@@H](O)[C@H]1C(=O)N2C(C(=O)[O-])=C(CN3c4cccc5c(CC[N+]67CC[N+](CC(N)=O)(CC6)CC7)ccc(c45)S3(=O)=O)S[C@H]12.[Cl-]. The summed E-state index contributed by atoms with van der Waals surface area (Å²) in [6.45, 7) is 8.31. The maximum absolute atomic E-state index is 13.8. The fourth-order valence-electron chi connectivity index (χ4n) is 7.76. The molecule has 0 spiro atoms. The number of halogens is 1. The Labute approximate surface area is 265 Å². The van der Waals surface area contributed by atoms with Crippen LogP contribution in [0.3, 0.4) is 0 Å². The zero-order chi connectivity index (χ0) is 30.5. The van der Waals surface area contributed by atoms with E-state index in [2.05, 4.69) is 0 Å². The van der Waals surface area contributed by atoms with Crippen molar-refractivity contribution in [3.05, 3.63) is 46.5 Å². The molecule has 0 aliphatic carbocycles. The quantitative estimate of drug-likeness (QED) is 0.202. The molecule has 236 valence electrons. The van der Waals surface area contributed by atoms with Crippen LogP contribution in [-0.4, -0.2) is 116 Å². The summed E-state index contributed by atoms with van der Waals surface area (Å²) in [5, 5.41) is 23.0. The maximum atomic E-state index is 13.8. The first-order chi connectivity index (χ1) is 20.4. The Hall–Kier alpha value is -2.88. The molecule has 0 unspecified atom stereocenters. The number of quaternary nitrogens is 2. The molecule has 2 bridgehead atoms. The first-order valence-corrected chi connectivity index (χ1v) is 16.9. The van der Waals surface area contributed by atoms with Crippen LogP contribution in [0.1, 0.15) is 12.5 Å². The third-order valence-electron chi connectivity index (χ3n) is 10.3. The number of primary amides is 1. The molecule has 12 nitrogen and oxygen atoms in total. The first-order valence-electron chi connectivity index (χ1n) is 14.5. The van der Waals surface area contributed by atoms with Gasteiger partial charge in [-0.3, -0.25) is 18.8 Å². The topological polar surface area (TPSA) is 161 Å². The number of benzene rings is 2. The van der Waals surface area contributed by atoms with Crippen molar-refractivity contribution in [1.82, 2.24) is 4.90 Å². The number of amides is 2. The van der Waals surface area contributed by atoms with E-state index in [1.54, 1.807) is 12.1 Å². The van der Waals surface area contributed by atoms with Crippen molar-refractivity contribution in [3.63, 3.8) is 0 Å². The average molecular weight is 664 g/mol. The van der Waals surface area contributed by atoms with Crippen LogP contribution in [0.4, 0.5) is 5.69 Å². The predicted molar refractivity (Wildman–Crippen MR) is 156 cm³/mol. The second-order valence-electron chi connectivity index (χ2n) is 12.6. The molecule has 8 rings (SSSR count). The van der Waals surface area contributed by atoms with E-state index in [9.17, 15) is 33.0 Å². The standard InChI is InChI=1S/C29H33N5O7S2.ClH/c1-17(35)24-27(37)32-26(29(38)39)21(42-28(24)32)15-31-20-4-2-3-19-18(5-6-22(25(19)20)43(31,40)41)7-8-33-9-12-34(13-10-33,14-11-33)16-23(30)36;/h2-6,17,24,28,35H,7-16H2,1H3,(H-2,30,36,38,39);1H/t17-,24+,28-,33?,34?;/m1./s1. The Morgan fingerprint density at radius 2 is 1.77 bits per heavy atom. The van der Waals surface area contributed by atoms with Crippen molar-refractivity contribution >= 4 is 56.0 Å². The van der Waals surface area contributed by atoms with E-state index in [4.69, 9.17) is 5.73 Å². The number of carboxylic acid groups (broad SMARTS) is 1. The number of hydrogen-bond acceptors (Lipinski definition) is 8. The molecule has 3 N–H and O–H groups in total. The van der Waals surface area contributed by atoms with Crippen molar-refractivity contribution in [2.45, 2.75) is 29.7 Å². The van der Waals surface area contributed by atoms with Gasteiger partial charge in [0.15, 0.2) is 6.54 Å². The number of carbonyl (C=O) groups is 3. The maximum Gasteiger partial charge on any atom is 0.272 e.